The highest BCUT2D eigenvalue weighted by Gasteiger charge is 2.29. The molecule has 0 unspecified atom stereocenters. The van der Waals surface area contributed by atoms with Crippen molar-refractivity contribution in [1.82, 2.24) is 20.4 Å². The molecular formula is C46H46Br2Cl2N4O6S. The van der Waals surface area contributed by atoms with Gasteiger partial charge in [0.05, 0.1) is 10.0 Å². The minimum Gasteiger partial charge on any atom is -0.396 e. The van der Waals surface area contributed by atoms with Crippen molar-refractivity contribution in [2.45, 2.75) is 35.5 Å². The molecule has 2 fully saturated rings. The number of nitrogens with zero attached hydrogens (tertiary/aromatic N) is 2. The maximum Gasteiger partial charge on any atom is 0.244 e. The minimum absolute atomic E-state index is 0.00787. The molecule has 0 bridgehead atoms. The van der Waals surface area contributed by atoms with Gasteiger partial charge in [0.25, 0.3) is 0 Å². The van der Waals surface area contributed by atoms with Gasteiger partial charge in [-0.15, -0.1) is 0 Å². The summed E-state index contributed by atoms with van der Waals surface area (Å²) < 4.78 is 1.65. The van der Waals surface area contributed by atoms with E-state index in [2.05, 4.69) is 42.5 Å². The summed E-state index contributed by atoms with van der Waals surface area (Å²) in [6, 6.07) is 23.1. The number of carbonyl (C=O) groups excluding carboxylic acids is 4. The second kappa shape index (κ2) is 22.4. The number of hydrogen-bond donors (Lipinski definition) is 4. The monoisotopic (exact) mass is 1010 g/mol. The summed E-state index contributed by atoms with van der Waals surface area (Å²) >= 11 is 23.3. The van der Waals surface area contributed by atoms with Gasteiger partial charge in [-0.2, -0.15) is 0 Å². The third-order valence-electron chi connectivity index (χ3n) is 10.5. The Morgan fingerprint density at radius 2 is 1.08 bits per heavy atom. The topological polar surface area (TPSA) is 139 Å². The predicted molar refractivity (Wildman–Crippen MR) is 250 cm³/mol. The van der Waals surface area contributed by atoms with Gasteiger partial charge in [0.2, 0.25) is 23.6 Å². The van der Waals surface area contributed by atoms with Gasteiger partial charge >= 0.3 is 0 Å². The first-order valence-corrected chi connectivity index (χ1v) is 23.1. The summed E-state index contributed by atoms with van der Waals surface area (Å²) in [5.74, 6) is -0.550. The van der Waals surface area contributed by atoms with Crippen LogP contribution in [-0.4, -0.2) is 96.1 Å². The van der Waals surface area contributed by atoms with E-state index in [9.17, 15) is 29.4 Å². The Morgan fingerprint density at radius 3 is 1.46 bits per heavy atom. The van der Waals surface area contributed by atoms with E-state index in [1.807, 2.05) is 72.8 Å². The summed E-state index contributed by atoms with van der Waals surface area (Å²) in [4.78, 5) is 55.1. The summed E-state index contributed by atoms with van der Waals surface area (Å²) in [6.45, 7) is 2.89. The van der Waals surface area contributed by atoms with Gasteiger partial charge in [0.15, 0.2) is 0 Å². The third kappa shape index (κ3) is 12.2. The van der Waals surface area contributed by atoms with Crippen LogP contribution in [0.1, 0.15) is 36.8 Å². The Balaban J connectivity index is 1.19. The molecule has 320 valence electrons. The Kier molecular flexibility index (Phi) is 17.1. The van der Waals surface area contributed by atoms with Crippen molar-refractivity contribution in [3.05, 3.63) is 115 Å². The van der Waals surface area contributed by atoms with Gasteiger partial charge in [-0.1, -0.05) is 115 Å². The Labute approximate surface area is 387 Å². The molecule has 15 heteroatoms. The molecule has 0 aromatic heterocycles. The fourth-order valence-corrected chi connectivity index (χ4v) is 10.0. The molecule has 10 nitrogen and oxygen atoms in total. The summed E-state index contributed by atoms with van der Waals surface area (Å²) in [7, 11) is 0. The molecule has 4 aromatic carbocycles. The summed E-state index contributed by atoms with van der Waals surface area (Å²) in [5, 5.41) is 25.5. The smallest absolute Gasteiger partial charge is 0.244 e. The molecule has 4 aromatic rings. The van der Waals surface area contributed by atoms with Crippen LogP contribution in [0.5, 0.6) is 0 Å². The zero-order valence-electron chi connectivity index (χ0n) is 33.2. The van der Waals surface area contributed by atoms with Crippen molar-refractivity contribution < 1.29 is 29.4 Å². The van der Waals surface area contributed by atoms with Crippen LogP contribution >= 0.6 is 66.8 Å². The molecule has 0 radical (unpaired) electrons. The van der Waals surface area contributed by atoms with Crippen LogP contribution in [0.3, 0.4) is 0 Å². The van der Waals surface area contributed by atoms with Crippen LogP contribution in [0.15, 0.2) is 104 Å². The average Bonchev–Trinajstić information content (AvgIpc) is 3.81. The van der Waals surface area contributed by atoms with Gasteiger partial charge in [0.1, 0.15) is 0 Å². The molecule has 2 atom stereocenters. The lowest BCUT2D eigenvalue weighted by atomic mass is 9.99. The molecule has 2 saturated heterocycles. The molecule has 6 rings (SSSR count). The Morgan fingerprint density at radius 1 is 0.672 bits per heavy atom. The van der Waals surface area contributed by atoms with E-state index in [1.54, 1.807) is 22.0 Å². The van der Waals surface area contributed by atoms with Gasteiger partial charge in [-0.05, 0) is 71.5 Å². The molecule has 2 aliphatic heterocycles. The molecule has 4 amide bonds. The van der Waals surface area contributed by atoms with Gasteiger partial charge < -0.3 is 30.6 Å². The maximum atomic E-state index is 12.9. The number of likely N-dealkylation sites (tertiary alicyclic amines) is 2. The lowest BCUT2D eigenvalue weighted by molar-refractivity contribution is -0.128. The Hall–Kier alpha value is -3.95. The summed E-state index contributed by atoms with van der Waals surface area (Å²) in [5.41, 5.74) is 4.59. The number of hydrogen-bond acceptors (Lipinski definition) is 7. The predicted octanol–water partition coefficient (Wildman–Crippen LogP) is 8.72. The third-order valence-corrected chi connectivity index (χ3v) is 14.0. The molecule has 61 heavy (non-hydrogen) atoms. The standard InChI is InChI=1S/C46H46Br2Cl2N4O6S/c47-35-9-3-1-7-33(35)43-31(13-17-39(57)51-19-5-21-53-25-29(27-55)23-41(53)59)11-15-37(45(43)49)61-38-16-12-32(44(46(38)50)34-8-2-4-10-36(34)48)14-18-40(58)52-20-6-22-54-26-30(28-56)24-42(54)60/h1-4,7-18,29-30,55-56H,5-6,19-28H2,(H,51,57)(H,52,58)/t29-,30-/m1/s1. The number of rotatable bonds is 18. The lowest BCUT2D eigenvalue weighted by Crippen LogP contribution is -2.30. The zero-order chi connectivity index (χ0) is 43.5. The highest BCUT2D eigenvalue weighted by Crippen LogP contribution is 2.48. The zero-order valence-corrected chi connectivity index (χ0v) is 38.7. The minimum atomic E-state index is -0.278. The van der Waals surface area contributed by atoms with Gasteiger partial charge in [-0.3, -0.25) is 19.2 Å². The normalized spacial score (nSPS) is 16.7. The SMILES string of the molecule is O=C(C=Cc1ccc(Sc2ccc(C=CC(=O)NCCCN3C[C@H](CO)CC3=O)c(-c3ccccc3Br)c2Cl)c(Cl)c1-c1ccccc1Br)NCCCN1C[C@H](CO)CC1=O. The first-order chi connectivity index (χ1) is 29.5. The van der Waals surface area contributed by atoms with E-state index in [-0.39, 0.29) is 48.7 Å². The second-order valence-corrected chi connectivity index (χ2v) is 18.4. The molecular weight excluding hydrogens is 967 g/mol. The van der Waals surface area contributed by atoms with E-state index in [0.29, 0.717) is 75.0 Å². The second-order valence-electron chi connectivity index (χ2n) is 14.9. The van der Waals surface area contributed by atoms with E-state index in [0.717, 1.165) is 52.1 Å². The first-order valence-electron chi connectivity index (χ1n) is 20.0. The average molecular weight is 1010 g/mol. The van der Waals surface area contributed by atoms with Crippen LogP contribution in [0.2, 0.25) is 10.0 Å². The number of amides is 4. The van der Waals surface area contributed by atoms with Crippen molar-refractivity contribution in [2.24, 2.45) is 11.8 Å². The highest BCUT2D eigenvalue weighted by molar-refractivity contribution is 9.11. The summed E-state index contributed by atoms with van der Waals surface area (Å²) in [6.07, 6.45) is 8.32. The van der Waals surface area contributed by atoms with Crippen LogP contribution in [-0.2, 0) is 19.2 Å². The Bertz CT molecular complexity index is 2170. The van der Waals surface area contributed by atoms with Crippen LogP contribution in [0, 0.1) is 11.8 Å². The van der Waals surface area contributed by atoms with E-state index < -0.39 is 0 Å². The van der Waals surface area contributed by atoms with Crippen LogP contribution < -0.4 is 10.6 Å². The number of nitrogens with one attached hydrogen (secondary N) is 2. The number of halogens is 4. The van der Waals surface area contributed by atoms with Gasteiger partial charge in [-0.25, -0.2) is 0 Å². The first kappa shape index (κ1) is 46.6. The van der Waals surface area contributed by atoms with Crippen molar-refractivity contribution in [3.8, 4) is 22.3 Å². The van der Waals surface area contributed by atoms with Crippen molar-refractivity contribution >= 4 is 103 Å². The fourth-order valence-electron chi connectivity index (χ4n) is 7.37. The van der Waals surface area contributed by atoms with Crippen molar-refractivity contribution in [2.75, 3.05) is 52.5 Å². The largest absolute Gasteiger partial charge is 0.396 e. The number of aliphatic hydroxyl groups is 2. The number of benzene rings is 4. The molecule has 2 heterocycles. The molecule has 0 spiro atoms. The van der Waals surface area contributed by atoms with E-state index in [4.69, 9.17) is 23.2 Å². The van der Waals surface area contributed by atoms with E-state index >= 15 is 0 Å². The van der Waals surface area contributed by atoms with Gasteiger partial charge in [0, 0.05) is 119 Å². The number of carbonyl (C=O) groups is 4. The molecule has 4 N–H and O–H groups in total. The highest BCUT2D eigenvalue weighted by atomic mass is 79.9. The van der Waals surface area contributed by atoms with Crippen LogP contribution in [0.25, 0.3) is 34.4 Å². The van der Waals surface area contributed by atoms with Crippen LogP contribution in [0.4, 0.5) is 0 Å². The quantitative estimate of drug-likeness (QED) is 0.0578. The maximum absolute atomic E-state index is 12.9. The molecule has 0 saturated carbocycles. The van der Waals surface area contributed by atoms with E-state index in [1.165, 1.54) is 23.9 Å². The molecule has 0 aliphatic carbocycles. The number of aliphatic hydroxyl groups excluding tert-OH is 2. The fraction of sp³-hybridized carbons (Fsp3) is 0.304. The van der Waals surface area contributed by atoms with Crippen molar-refractivity contribution in [1.29, 1.82) is 0 Å². The molecule has 2 aliphatic rings. The van der Waals surface area contributed by atoms with Crippen molar-refractivity contribution in [3.63, 3.8) is 0 Å². The lowest BCUT2D eigenvalue weighted by Gasteiger charge is -2.17.